The second-order valence-electron chi connectivity index (χ2n) is 7.05. The number of aryl methyl sites for hydroxylation is 1. The monoisotopic (exact) mass is 454 g/mol. The fourth-order valence-electron chi connectivity index (χ4n) is 2.95. The van der Waals surface area contributed by atoms with Crippen molar-refractivity contribution in [3.8, 4) is 0 Å². The van der Waals surface area contributed by atoms with Crippen LogP contribution in [0.3, 0.4) is 0 Å². The molecule has 0 saturated carbocycles. The number of nitrogens with one attached hydrogen (secondary N) is 1. The van der Waals surface area contributed by atoms with Gasteiger partial charge in [-0.2, -0.15) is 11.8 Å². The molecule has 0 aliphatic rings. The third-order valence-electron chi connectivity index (χ3n) is 4.62. The molecule has 0 aliphatic carbocycles. The van der Waals surface area contributed by atoms with Gasteiger partial charge in [0.2, 0.25) is 5.91 Å². The number of rotatable bonds is 10. The zero-order chi connectivity index (χ0) is 22.1. The molecule has 3 aromatic rings. The first-order chi connectivity index (χ1) is 15.0. The Morgan fingerprint density at radius 3 is 2.16 bits per heavy atom. The van der Waals surface area contributed by atoms with Crippen LogP contribution in [0.15, 0.2) is 89.8 Å². The van der Waals surface area contributed by atoms with E-state index >= 15 is 0 Å². The Morgan fingerprint density at radius 2 is 1.52 bits per heavy atom. The summed E-state index contributed by atoms with van der Waals surface area (Å²) in [6.07, 6.45) is 0. The molecule has 0 aliphatic heterocycles. The van der Waals surface area contributed by atoms with E-state index in [0.29, 0.717) is 12.2 Å². The molecule has 0 radical (unpaired) electrons. The third-order valence-corrected chi connectivity index (χ3v) is 7.44. The molecule has 0 bridgehead atoms. The molecular weight excluding hydrogens is 428 g/mol. The molecule has 1 amide bonds. The Hall–Kier alpha value is -2.77. The molecule has 0 spiro atoms. The van der Waals surface area contributed by atoms with Gasteiger partial charge in [0.15, 0.2) is 0 Å². The van der Waals surface area contributed by atoms with E-state index < -0.39 is 10.0 Å². The number of hydrogen-bond donors (Lipinski definition) is 1. The van der Waals surface area contributed by atoms with E-state index in [1.807, 2.05) is 6.07 Å². The molecule has 0 atom stereocenters. The number of para-hydroxylation sites is 1. The Bertz CT molecular complexity index is 1070. The van der Waals surface area contributed by atoms with Crippen molar-refractivity contribution in [2.45, 2.75) is 17.6 Å². The summed E-state index contributed by atoms with van der Waals surface area (Å²) in [5.74, 6) is 1.28. The molecule has 7 heteroatoms. The quantitative estimate of drug-likeness (QED) is 0.466. The van der Waals surface area contributed by atoms with Crippen molar-refractivity contribution in [3.05, 3.63) is 96.1 Å². The molecule has 0 heterocycles. The molecule has 162 valence electrons. The summed E-state index contributed by atoms with van der Waals surface area (Å²) in [5, 5.41) is 2.84. The average molecular weight is 455 g/mol. The summed E-state index contributed by atoms with van der Waals surface area (Å²) >= 11 is 1.73. The molecule has 3 rings (SSSR count). The SMILES string of the molecule is Cc1ccc(CSCCNC(=O)CN(c2ccccc2)S(=O)(=O)c2ccccc2)cc1. The largest absolute Gasteiger partial charge is 0.354 e. The predicted octanol–water partition coefficient (Wildman–Crippen LogP) is 4.24. The highest BCUT2D eigenvalue weighted by Crippen LogP contribution is 2.23. The van der Waals surface area contributed by atoms with Gasteiger partial charge in [0, 0.05) is 18.1 Å². The maximum absolute atomic E-state index is 13.2. The van der Waals surface area contributed by atoms with Crippen LogP contribution in [0.25, 0.3) is 0 Å². The number of carbonyl (C=O) groups is 1. The maximum atomic E-state index is 13.2. The number of hydrogen-bond acceptors (Lipinski definition) is 4. The highest BCUT2D eigenvalue weighted by molar-refractivity contribution is 7.98. The van der Waals surface area contributed by atoms with E-state index in [0.717, 1.165) is 15.8 Å². The van der Waals surface area contributed by atoms with E-state index in [1.54, 1.807) is 54.2 Å². The molecule has 0 fully saturated rings. The van der Waals surface area contributed by atoms with Gasteiger partial charge in [0.1, 0.15) is 6.54 Å². The lowest BCUT2D eigenvalue weighted by Crippen LogP contribution is -2.41. The van der Waals surface area contributed by atoms with Crippen molar-refractivity contribution in [1.29, 1.82) is 0 Å². The van der Waals surface area contributed by atoms with Crippen molar-refractivity contribution in [3.63, 3.8) is 0 Å². The maximum Gasteiger partial charge on any atom is 0.264 e. The predicted molar refractivity (Wildman–Crippen MR) is 128 cm³/mol. The number of nitrogens with zero attached hydrogens (tertiary/aromatic N) is 1. The van der Waals surface area contributed by atoms with Gasteiger partial charge < -0.3 is 5.32 Å². The van der Waals surface area contributed by atoms with Crippen LogP contribution in [0.4, 0.5) is 5.69 Å². The number of benzene rings is 3. The minimum atomic E-state index is -3.86. The second-order valence-corrected chi connectivity index (χ2v) is 10.0. The van der Waals surface area contributed by atoms with E-state index in [9.17, 15) is 13.2 Å². The summed E-state index contributed by atoms with van der Waals surface area (Å²) in [5.41, 5.74) is 2.93. The van der Waals surface area contributed by atoms with Gasteiger partial charge >= 0.3 is 0 Å². The van der Waals surface area contributed by atoms with Crippen LogP contribution in [-0.2, 0) is 20.6 Å². The van der Waals surface area contributed by atoms with Crippen molar-refractivity contribution in [2.75, 3.05) is 23.1 Å². The molecule has 0 unspecified atom stereocenters. The standard InChI is InChI=1S/C24H26N2O3S2/c1-20-12-14-21(15-13-20)19-30-17-16-25-24(27)18-26(22-8-4-2-5-9-22)31(28,29)23-10-6-3-7-11-23/h2-15H,16-19H2,1H3,(H,25,27). The Kier molecular flexibility index (Phi) is 8.14. The minimum absolute atomic E-state index is 0.153. The molecule has 31 heavy (non-hydrogen) atoms. The third kappa shape index (κ3) is 6.60. The number of amides is 1. The van der Waals surface area contributed by atoms with Crippen LogP contribution in [0, 0.1) is 6.92 Å². The molecule has 0 aromatic heterocycles. The molecule has 5 nitrogen and oxygen atoms in total. The van der Waals surface area contributed by atoms with Crippen molar-refractivity contribution in [2.24, 2.45) is 0 Å². The van der Waals surface area contributed by atoms with Crippen molar-refractivity contribution in [1.82, 2.24) is 5.32 Å². The van der Waals surface area contributed by atoms with Crippen LogP contribution >= 0.6 is 11.8 Å². The number of anilines is 1. The van der Waals surface area contributed by atoms with Gasteiger partial charge in [0.05, 0.1) is 10.6 Å². The second kappa shape index (κ2) is 11.0. The first-order valence-corrected chi connectivity index (χ1v) is 12.6. The van der Waals surface area contributed by atoms with Gasteiger partial charge in [-0.15, -0.1) is 0 Å². The van der Waals surface area contributed by atoms with Crippen molar-refractivity contribution < 1.29 is 13.2 Å². The highest BCUT2D eigenvalue weighted by Gasteiger charge is 2.26. The van der Waals surface area contributed by atoms with Gasteiger partial charge in [-0.25, -0.2) is 8.42 Å². The molecule has 3 aromatic carbocycles. The lowest BCUT2D eigenvalue weighted by Gasteiger charge is -2.24. The lowest BCUT2D eigenvalue weighted by molar-refractivity contribution is -0.119. The summed E-state index contributed by atoms with van der Waals surface area (Å²) in [7, 11) is -3.86. The highest BCUT2D eigenvalue weighted by atomic mass is 32.2. The van der Waals surface area contributed by atoms with Gasteiger partial charge in [0.25, 0.3) is 10.0 Å². The molecule has 1 N–H and O–H groups in total. The first-order valence-electron chi connectivity index (χ1n) is 9.99. The lowest BCUT2D eigenvalue weighted by atomic mass is 10.2. The smallest absolute Gasteiger partial charge is 0.264 e. The van der Waals surface area contributed by atoms with Crippen LogP contribution in [-0.4, -0.2) is 33.2 Å². The van der Waals surface area contributed by atoms with Crippen molar-refractivity contribution >= 4 is 33.4 Å². The van der Waals surface area contributed by atoms with E-state index in [1.165, 1.54) is 23.3 Å². The van der Waals surface area contributed by atoms with E-state index in [-0.39, 0.29) is 17.3 Å². The number of thioether (sulfide) groups is 1. The fourth-order valence-corrected chi connectivity index (χ4v) is 5.21. The Morgan fingerprint density at radius 1 is 0.903 bits per heavy atom. The molecular formula is C24H26N2O3S2. The Balaban J connectivity index is 1.58. The Labute approximate surface area is 188 Å². The topological polar surface area (TPSA) is 66.5 Å². The van der Waals surface area contributed by atoms with Gasteiger partial charge in [-0.1, -0.05) is 66.2 Å². The van der Waals surface area contributed by atoms with Crippen LogP contribution in [0.2, 0.25) is 0 Å². The summed E-state index contributed by atoms with van der Waals surface area (Å²) in [4.78, 5) is 12.7. The van der Waals surface area contributed by atoms with E-state index in [2.05, 4.69) is 36.5 Å². The number of sulfonamides is 1. The normalized spacial score (nSPS) is 11.1. The average Bonchev–Trinajstić information content (AvgIpc) is 2.79. The van der Waals surface area contributed by atoms with Crippen LogP contribution < -0.4 is 9.62 Å². The molecule has 0 saturated heterocycles. The van der Waals surface area contributed by atoms with Crippen LogP contribution in [0.5, 0.6) is 0 Å². The zero-order valence-electron chi connectivity index (χ0n) is 17.4. The minimum Gasteiger partial charge on any atom is -0.354 e. The van der Waals surface area contributed by atoms with Gasteiger partial charge in [-0.3, -0.25) is 9.10 Å². The van der Waals surface area contributed by atoms with E-state index in [4.69, 9.17) is 0 Å². The first kappa shape index (κ1) is 22.9. The number of carbonyl (C=O) groups excluding carboxylic acids is 1. The zero-order valence-corrected chi connectivity index (χ0v) is 19.0. The van der Waals surface area contributed by atoms with Crippen LogP contribution in [0.1, 0.15) is 11.1 Å². The fraction of sp³-hybridized carbons (Fsp3) is 0.208. The summed E-state index contributed by atoms with van der Waals surface area (Å²) in [6, 6.07) is 25.2. The summed E-state index contributed by atoms with van der Waals surface area (Å²) < 4.78 is 27.5. The van der Waals surface area contributed by atoms with Gasteiger partial charge in [-0.05, 0) is 36.8 Å². The summed E-state index contributed by atoms with van der Waals surface area (Å²) in [6.45, 7) is 2.26.